The van der Waals surface area contributed by atoms with Gasteiger partial charge in [-0.25, -0.2) is 4.98 Å². The molecule has 1 amide bonds. The zero-order valence-corrected chi connectivity index (χ0v) is 9.22. The first kappa shape index (κ1) is 11.6. The molecule has 0 spiro atoms. The van der Waals surface area contributed by atoms with Gasteiger partial charge in [0, 0.05) is 6.54 Å². The average molecular weight is 238 g/mol. The molecule has 92 valence electrons. The summed E-state index contributed by atoms with van der Waals surface area (Å²) >= 11 is 0. The number of carbonyl (C=O) groups is 2. The second-order valence-electron chi connectivity index (χ2n) is 4.18. The summed E-state index contributed by atoms with van der Waals surface area (Å²) < 4.78 is 0. The van der Waals surface area contributed by atoms with Gasteiger partial charge in [-0.3, -0.25) is 14.7 Å². The Morgan fingerprint density at radius 1 is 1.53 bits per heavy atom. The van der Waals surface area contributed by atoms with E-state index in [1.165, 1.54) is 6.33 Å². The fourth-order valence-electron chi connectivity index (χ4n) is 2.23. The SMILES string of the molecule is O=C(NCC1CCCC1C(=O)O)c1ncn[nH]1. The second-order valence-corrected chi connectivity index (χ2v) is 4.18. The first-order chi connectivity index (χ1) is 8.18. The summed E-state index contributed by atoms with van der Waals surface area (Å²) in [7, 11) is 0. The maximum absolute atomic E-state index is 11.5. The third kappa shape index (κ3) is 2.61. The lowest BCUT2D eigenvalue weighted by Gasteiger charge is -2.15. The molecule has 1 aromatic rings. The number of carboxylic acid groups (broad SMARTS) is 1. The quantitative estimate of drug-likeness (QED) is 0.686. The number of nitrogens with one attached hydrogen (secondary N) is 2. The highest BCUT2D eigenvalue weighted by atomic mass is 16.4. The predicted molar refractivity (Wildman–Crippen MR) is 57.2 cm³/mol. The Hall–Kier alpha value is -1.92. The molecular formula is C10H14N4O3. The summed E-state index contributed by atoms with van der Waals surface area (Å²) in [5.41, 5.74) is 0. The Bertz CT molecular complexity index is 404. The van der Waals surface area contributed by atoms with E-state index < -0.39 is 5.97 Å². The van der Waals surface area contributed by atoms with E-state index in [1.807, 2.05) is 0 Å². The molecule has 7 heteroatoms. The van der Waals surface area contributed by atoms with Crippen LogP contribution in [0.1, 0.15) is 29.9 Å². The Morgan fingerprint density at radius 2 is 2.35 bits per heavy atom. The largest absolute Gasteiger partial charge is 0.481 e. The molecule has 1 fully saturated rings. The summed E-state index contributed by atoms with van der Waals surface area (Å²) in [5.74, 6) is -1.31. The number of carbonyl (C=O) groups excluding carboxylic acids is 1. The Labute approximate surface area is 97.6 Å². The van der Waals surface area contributed by atoms with E-state index in [2.05, 4.69) is 20.5 Å². The maximum atomic E-state index is 11.5. The van der Waals surface area contributed by atoms with Crippen molar-refractivity contribution in [3.05, 3.63) is 12.2 Å². The zero-order chi connectivity index (χ0) is 12.3. The van der Waals surface area contributed by atoms with E-state index in [-0.39, 0.29) is 23.6 Å². The van der Waals surface area contributed by atoms with Crippen molar-refractivity contribution in [3.63, 3.8) is 0 Å². The van der Waals surface area contributed by atoms with E-state index >= 15 is 0 Å². The molecule has 0 bridgehead atoms. The summed E-state index contributed by atoms with van der Waals surface area (Å²) in [6.45, 7) is 0.372. The van der Waals surface area contributed by atoms with Crippen molar-refractivity contribution >= 4 is 11.9 Å². The number of H-pyrrole nitrogens is 1. The number of nitrogens with zero attached hydrogens (tertiary/aromatic N) is 2. The predicted octanol–water partition coefficient (Wildman–Crippen LogP) is 0.0354. The molecule has 2 rings (SSSR count). The monoisotopic (exact) mass is 238 g/mol. The average Bonchev–Trinajstić information content (AvgIpc) is 2.96. The normalized spacial score (nSPS) is 23.5. The van der Waals surface area contributed by atoms with Crippen LogP contribution in [-0.2, 0) is 4.79 Å². The van der Waals surface area contributed by atoms with Crippen molar-refractivity contribution in [3.8, 4) is 0 Å². The van der Waals surface area contributed by atoms with Gasteiger partial charge in [0.05, 0.1) is 5.92 Å². The number of carboxylic acids is 1. The number of aromatic nitrogens is 3. The number of hydrogen-bond acceptors (Lipinski definition) is 4. The highest BCUT2D eigenvalue weighted by molar-refractivity contribution is 5.90. The first-order valence-corrected chi connectivity index (χ1v) is 5.55. The number of aliphatic carboxylic acids is 1. The number of amides is 1. The fourth-order valence-corrected chi connectivity index (χ4v) is 2.23. The van der Waals surface area contributed by atoms with E-state index in [4.69, 9.17) is 5.11 Å². The number of hydrogen-bond donors (Lipinski definition) is 3. The van der Waals surface area contributed by atoms with Crippen LogP contribution in [0.2, 0.25) is 0 Å². The van der Waals surface area contributed by atoms with Crippen LogP contribution < -0.4 is 5.32 Å². The van der Waals surface area contributed by atoms with E-state index in [1.54, 1.807) is 0 Å². The van der Waals surface area contributed by atoms with Gasteiger partial charge in [0.1, 0.15) is 6.33 Å². The van der Waals surface area contributed by atoms with Gasteiger partial charge < -0.3 is 10.4 Å². The van der Waals surface area contributed by atoms with Gasteiger partial charge in [0.15, 0.2) is 0 Å². The molecule has 0 radical (unpaired) electrons. The number of aromatic amines is 1. The molecule has 2 atom stereocenters. The van der Waals surface area contributed by atoms with Crippen molar-refractivity contribution in [2.45, 2.75) is 19.3 Å². The van der Waals surface area contributed by atoms with Crippen LogP contribution in [0.3, 0.4) is 0 Å². The molecule has 1 heterocycles. The third-order valence-electron chi connectivity index (χ3n) is 3.13. The lowest BCUT2D eigenvalue weighted by atomic mass is 9.96. The van der Waals surface area contributed by atoms with Crippen LogP contribution in [0, 0.1) is 11.8 Å². The molecule has 0 aromatic carbocycles. The zero-order valence-electron chi connectivity index (χ0n) is 9.22. The molecule has 7 nitrogen and oxygen atoms in total. The molecule has 1 aliphatic rings. The van der Waals surface area contributed by atoms with Crippen LogP contribution in [-0.4, -0.2) is 38.7 Å². The minimum atomic E-state index is -0.776. The molecule has 3 N–H and O–H groups in total. The summed E-state index contributed by atoms with van der Waals surface area (Å²) in [4.78, 5) is 26.2. The molecular weight excluding hydrogens is 224 g/mol. The van der Waals surface area contributed by atoms with Crippen molar-refractivity contribution in [2.24, 2.45) is 11.8 Å². The van der Waals surface area contributed by atoms with Crippen LogP contribution in [0.15, 0.2) is 6.33 Å². The van der Waals surface area contributed by atoms with Crippen molar-refractivity contribution < 1.29 is 14.7 Å². The van der Waals surface area contributed by atoms with Gasteiger partial charge in [-0.1, -0.05) is 6.42 Å². The molecule has 1 aliphatic carbocycles. The van der Waals surface area contributed by atoms with Crippen molar-refractivity contribution in [1.82, 2.24) is 20.5 Å². The topological polar surface area (TPSA) is 108 Å². The van der Waals surface area contributed by atoms with Crippen molar-refractivity contribution in [1.29, 1.82) is 0 Å². The van der Waals surface area contributed by atoms with Crippen LogP contribution in [0.25, 0.3) is 0 Å². The standard InChI is InChI=1S/C10H14N4O3/c15-9(8-12-5-13-14-8)11-4-6-2-1-3-7(6)10(16)17/h5-7H,1-4H2,(H,11,15)(H,16,17)(H,12,13,14). The van der Waals surface area contributed by atoms with Crippen LogP contribution in [0.4, 0.5) is 0 Å². The maximum Gasteiger partial charge on any atom is 0.306 e. The number of rotatable bonds is 4. The summed E-state index contributed by atoms with van der Waals surface area (Å²) in [6.07, 6.45) is 3.69. The highest BCUT2D eigenvalue weighted by Gasteiger charge is 2.32. The Kier molecular flexibility index (Phi) is 3.36. The second kappa shape index (κ2) is 4.94. The molecule has 17 heavy (non-hydrogen) atoms. The van der Waals surface area contributed by atoms with E-state index in [0.29, 0.717) is 13.0 Å². The van der Waals surface area contributed by atoms with Gasteiger partial charge in [-0.05, 0) is 18.8 Å². The van der Waals surface area contributed by atoms with Gasteiger partial charge in [0.2, 0.25) is 5.82 Å². The van der Waals surface area contributed by atoms with Crippen LogP contribution in [0.5, 0.6) is 0 Å². The summed E-state index contributed by atoms with van der Waals surface area (Å²) in [5, 5.41) is 17.7. The third-order valence-corrected chi connectivity index (χ3v) is 3.13. The Balaban J connectivity index is 1.86. The molecule has 0 aliphatic heterocycles. The van der Waals surface area contributed by atoms with Crippen LogP contribution >= 0.6 is 0 Å². The molecule has 0 saturated heterocycles. The molecule has 1 saturated carbocycles. The lowest BCUT2D eigenvalue weighted by molar-refractivity contribution is -0.142. The van der Waals surface area contributed by atoms with Gasteiger partial charge in [0.25, 0.3) is 5.91 Å². The molecule has 1 aromatic heterocycles. The summed E-state index contributed by atoms with van der Waals surface area (Å²) in [6, 6.07) is 0. The minimum Gasteiger partial charge on any atom is -0.481 e. The fraction of sp³-hybridized carbons (Fsp3) is 0.600. The Morgan fingerprint density at radius 3 is 3.00 bits per heavy atom. The smallest absolute Gasteiger partial charge is 0.306 e. The van der Waals surface area contributed by atoms with Gasteiger partial charge in [-0.2, -0.15) is 5.10 Å². The van der Waals surface area contributed by atoms with E-state index in [0.717, 1.165) is 12.8 Å². The highest BCUT2D eigenvalue weighted by Crippen LogP contribution is 2.31. The molecule has 2 unspecified atom stereocenters. The van der Waals surface area contributed by atoms with Gasteiger partial charge in [-0.15, -0.1) is 0 Å². The van der Waals surface area contributed by atoms with Crippen molar-refractivity contribution in [2.75, 3.05) is 6.54 Å². The minimum absolute atomic E-state index is 0.0133. The first-order valence-electron chi connectivity index (χ1n) is 5.55. The lowest BCUT2D eigenvalue weighted by Crippen LogP contribution is -2.33. The van der Waals surface area contributed by atoms with E-state index in [9.17, 15) is 9.59 Å². The van der Waals surface area contributed by atoms with Gasteiger partial charge >= 0.3 is 5.97 Å².